The Kier molecular flexibility index (Phi) is 1.57. The molecule has 0 amide bonds. The lowest BCUT2D eigenvalue weighted by atomic mass is 10.3. The second kappa shape index (κ2) is 5.07. The van der Waals surface area contributed by atoms with Gasteiger partial charge in [-0.3, -0.25) is 10.1 Å². The van der Waals surface area contributed by atoms with Crippen molar-refractivity contribution in [1.82, 2.24) is 4.98 Å². The van der Waals surface area contributed by atoms with Gasteiger partial charge in [0, 0.05) is 19.1 Å². The summed E-state index contributed by atoms with van der Waals surface area (Å²) in [6.07, 6.45) is 0. The van der Waals surface area contributed by atoms with Crippen LogP contribution in [0, 0.1) is 10.1 Å². The number of rotatable bonds is 3. The van der Waals surface area contributed by atoms with Crippen LogP contribution in [0.3, 0.4) is 0 Å². The minimum atomic E-state index is -3.31. The number of aromatic nitrogens is 1. The molecule has 0 atom stereocenters. The second-order valence-corrected chi connectivity index (χ2v) is 2.96. The smallest absolute Gasteiger partial charge is 0.275 e. The molecule has 2 heterocycles. The summed E-state index contributed by atoms with van der Waals surface area (Å²) in [5.74, 6) is -0.760. The molecule has 0 spiro atoms. The Balaban J connectivity index is 2.76. The van der Waals surface area contributed by atoms with Crippen molar-refractivity contribution >= 4 is 11.5 Å². The summed E-state index contributed by atoms with van der Waals surface area (Å²) in [6, 6.07) is 1.53. The number of morpholine rings is 1. The van der Waals surface area contributed by atoms with Crippen LogP contribution in [0.1, 0.15) is 16.7 Å². The average molecular weight is 247 g/mol. The molecule has 1 aromatic rings. The normalized spacial score (nSPS) is 34.8. The number of anilines is 1. The molecule has 1 aliphatic rings. The summed E-state index contributed by atoms with van der Waals surface area (Å²) in [7, 11) is 0. The van der Waals surface area contributed by atoms with Gasteiger partial charge in [0.15, 0.2) is 0 Å². The zero-order valence-electron chi connectivity index (χ0n) is 16.4. The average Bonchev–Trinajstić information content (AvgIpc) is 2.43. The molecule has 0 aromatic carbocycles. The summed E-state index contributed by atoms with van der Waals surface area (Å²) in [5.41, 5.74) is -0.961. The standard InChI is InChI=1S/C10H13N3O4/c14-7-8-5-9(13(15)16)6-10(11-8)12-1-3-17-4-2-12/h5-6,14H,1-4,7H2/i1D2,2D2,3D2,4D2. The van der Waals surface area contributed by atoms with Crippen LogP contribution in [0.15, 0.2) is 12.1 Å². The van der Waals surface area contributed by atoms with Crippen LogP contribution < -0.4 is 4.90 Å². The Morgan fingerprint density at radius 3 is 2.88 bits per heavy atom. The van der Waals surface area contributed by atoms with E-state index in [2.05, 4.69) is 9.72 Å². The molecule has 2 rings (SSSR count). The Hall–Kier alpha value is -1.73. The van der Waals surface area contributed by atoms with Crippen LogP contribution in [0.25, 0.3) is 0 Å². The number of ether oxygens (including phenoxy) is 1. The van der Waals surface area contributed by atoms with E-state index in [1.807, 2.05) is 0 Å². The molecule has 1 saturated heterocycles. The second-order valence-electron chi connectivity index (χ2n) is 2.96. The number of nitro groups is 1. The third kappa shape index (κ3) is 2.69. The van der Waals surface area contributed by atoms with E-state index in [4.69, 9.17) is 16.1 Å². The van der Waals surface area contributed by atoms with Crippen molar-refractivity contribution in [3.8, 4) is 0 Å². The Morgan fingerprint density at radius 1 is 1.59 bits per heavy atom. The third-order valence-electron chi connectivity index (χ3n) is 1.87. The van der Waals surface area contributed by atoms with Gasteiger partial charge >= 0.3 is 0 Å². The zero-order valence-corrected chi connectivity index (χ0v) is 8.38. The van der Waals surface area contributed by atoms with E-state index in [9.17, 15) is 10.1 Å². The summed E-state index contributed by atoms with van der Waals surface area (Å²) in [6.45, 7) is -14.0. The molecular formula is C10H13N3O4. The van der Waals surface area contributed by atoms with Crippen molar-refractivity contribution < 1.29 is 25.7 Å². The monoisotopic (exact) mass is 247 g/mol. The highest BCUT2D eigenvalue weighted by molar-refractivity contribution is 5.48. The Bertz CT molecular complexity index is 687. The topological polar surface area (TPSA) is 88.7 Å². The molecule has 1 aromatic heterocycles. The molecule has 1 aliphatic heterocycles. The fraction of sp³-hybridized carbons (Fsp3) is 0.500. The van der Waals surface area contributed by atoms with Gasteiger partial charge in [0.1, 0.15) is 5.82 Å². The predicted molar refractivity (Wildman–Crippen MR) is 59.8 cm³/mol. The van der Waals surface area contributed by atoms with Gasteiger partial charge in [0.25, 0.3) is 5.69 Å². The number of hydrogen-bond acceptors (Lipinski definition) is 6. The van der Waals surface area contributed by atoms with Gasteiger partial charge in [-0.2, -0.15) is 0 Å². The van der Waals surface area contributed by atoms with Gasteiger partial charge in [-0.1, -0.05) is 0 Å². The predicted octanol–water partition coefficient (Wildman–Crippen LogP) is 0.319. The molecule has 0 aliphatic carbocycles. The fourth-order valence-electron chi connectivity index (χ4n) is 1.16. The largest absolute Gasteiger partial charge is 0.390 e. The van der Waals surface area contributed by atoms with Crippen LogP contribution in [0.4, 0.5) is 11.5 Å². The Labute approximate surface area is 109 Å². The molecule has 0 bridgehead atoms. The van der Waals surface area contributed by atoms with Crippen molar-refractivity contribution in [1.29, 1.82) is 0 Å². The summed E-state index contributed by atoms with van der Waals surface area (Å²) in [4.78, 5) is 13.8. The van der Waals surface area contributed by atoms with Crippen LogP contribution in [0.2, 0.25) is 0 Å². The van der Waals surface area contributed by atoms with Gasteiger partial charge in [0.05, 0.1) is 47.4 Å². The van der Waals surface area contributed by atoms with Gasteiger partial charge in [-0.25, -0.2) is 4.98 Å². The minimum absolute atomic E-state index is 0.00958. The van der Waals surface area contributed by atoms with Crippen LogP contribution >= 0.6 is 0 Å². The lowest BCUT2D eigenvalue weighted by Gasteiger charge is -2.27. The maximum atomic E-state index is 11.0. The van der Waals surface area contributed by atoms with Crippen LogP contribution in [-0.2, 0) is 11.3 Å². The van der Waals surface area contributed by atoms with E-state index >= 15 is 0 Å². The van der Waals surface area contributed by atoms with Crippen molar-refractivity contribution in [3.63, 3.8) is 0 Å². The van der Waals surface area contributed by atoms with Gasteiger partial charge < -0.3 is 14.7 Å². The summed E-state index contributed by atoms with van der Waals surface area (Å²) < 4.78 is 66.2. The maximum Gasteiger partial charge on any atom is 0.275 e. The highest BCUT2D eigenvalue weighted by atomic mass is 16.6. The van der Waals surface area contributed by atoms with Crippen molar-refractivity contribution in [3.05, 3.63) is 27.9 Å². The van der Waals surface area contributed by atoms with E-state index in [1.165, 1.54) is 0 Å². The highest BCUT2D eigenvalue weighted by Crippen LogP contribution is 2.21. The zero-order chi connectivity index (χ0) is 19.4. The number of aliphatic hydroxyl groups excluding tert-OH is 1. The Morgan fingerprint density at radius 2 is 2.29 bits per heavy atom. The van der Waals surface area contributed by atoms with Gasteiger partial charge in [-0.15, -0.1) is 0 Å². The quantitative estimate of drug-likeness (QED) is 0.611. The summed E-state index contributed by atoms with van der Waals surface area (Å²) >= 11 is 0. The van der Waals surface area contributed by atoms with Crippen LogP contribution in [0.5, 0.6) is 0 Å². The van der Waals surface area contributed by atoms with Crippen LogP contribution in [-0.4, -0.2) is 41.1 Å². The lowest BCUT2D eigenvalue weighted by Crippen LogP contribution is -2.36. The van der Waals surface area contributed by atoms with E-state index < -0.39 is 49.1 Å². The fourth-order valence-corrected chi connectivity index (χ4v) is 1.16. The highest BCUT2D eigenvalue weighted by Gasteiger charge is 2.17. The molecule has 1 N–H and O–H groups in total. The molecule has 1 fully saturated rings. The summed E-state index contributed by atoms with van der Waals surface area (Å²) in [5, 5.41) is 20.2. The SMILES string of the molecule is [2H]C1([2H])OC([2H])([2H])C([2H])([2H])N(c2cc([N+](=O)[O-])cc(CO)n2)C1([2H])[2H]. The van der Waals surface area contributed by atoms with E-state index in [1.54, 1.807) is 0 Å². The molecule has 0 saturated carbocycles. The van der Waals surface area contributed by atoms with Crippen molar-refractivity contribution in [2.24, 2.45) is 0 Å². The molecule has 7 nitrogen and oxygen atoms in total. The number of nitrogens with zero attached hydrogens (tertiary/aromatic N) is 3. The van der Waals surface area contributed by atoms with Gasteiger partial charge in [-0.05, 0) is 0 Å². The third-order valence-corrected chi connectivity index (χ3v) is 1.87. The van der Waals surface area contributed by atoms with E-state index in [-0.39, 0.29) is 10.6 Å². The number of hydrogen-bond donors (Lipinski definition) is 1. The number of pyridine rings is 1. The molecule has 17 heavy (non-hydrogen) atoms. The first-order valence-electron chi connectivity index (χ1n) is 8.44. The van der Waals surface area contributed by atoms with Crippen molar-refractivity contribution in [2.75, 3.05) is 31.0 Å². The number of aliphatic hydroxyl groups is 1. The first-order valence-corrected chi connectivity index (χ1v) is 4.44. The first kappa shape index (κ1) is 5.28. The van der Waals surface area contributed by atoms with E-state index in [0.717, 1.165) is 6.07 Å². The molecular weight excluding hydrogens is 226 g/mol. The van der Waals surface area contributed by atoms with Crippen molar-refractivity contribution in [2.45, 2.75) is 6.61 Å². The van der Waals surface area contributed by atoms with E-state index in [0.29, 0.717) is 6.07 Å². The molecule has 0 unspecified atom stereocenters. The molecule has 0 radical (unpaired) electrons. The first-order chi connectivity index (χ1) is 11.2. The van der Waals surface area contributed by atoms with Gasteiger partial charge in [0.2, 0.25) is 0 Å². The maximum absolute atomic E-state index is 11.0. The lowest BCUT2D eigenvalue weighted by molar-refractivity contribution is -0.385. The molecule has 92 valence electrons. The minimum Gasteiger partial charge on any atom is -0.390 e. The molecule has 7 heteroatoms.